The summed E-state index contributed by atoms with van der Waals surface area (Å²) in [6.45, 7) is 16.5. The lowest BCUT2D eigenvalue weighted by molar-refractivity contribution is -0.265. The molecule has 2 unspecified atom stereocenters. The number of amides is 1. The van der Waals surface area contributed by atoms with E-state index in [4.69, 9.17) is 32.7 Å². The third kappa shape index (κ3) is 17.7. The second kappa shape index (κ2) is 29.4. The summed E-state index contributed by atoms with van der Waals surface area (Å²) in [5, 5.41) is 23.6. The number of hydrogen-bond acceptors (Lipinski definition) is 15. The largest absolute Gasteiger partial charge is 0.460 e. The lowest BCUT2D eigenvalue weighted by Crippen LogP contribution is -2.61. The molecular formula is C56H90NO15P. The first kappa shape index (κ1) is 62.4. The van der Waals surface area contributed by atoms with Gasteiger partial charge >= 0.3 is 13.6 Å². The highest BCUT2D eigenvalue weighted by Gasteiger charge is 2.53. The molecule has 17 heteroatoms. The number of aliphatic hydroxyl groups excluding tert-OH is 1. The molecule has 3 aliphatic heterocycles. The van der Waals surface area contributed by atoms with Gasteiger partial charge in [-0.15, -0.1) is 0 Å². The van der Waals surface area contributed by atoms with Gasteiger partial charge in [0.05, 0.1) is 37.1 Å². The summed E-state index contributed by atoms with van der Waals surface area (Å²) < 4.78 is 54.7. The maximum absolute atomic E-state index is 14.6. The zero-order valence-corrected chi connectivity index (χ0v) is 46.9. The van der Waals surface area contributed by atoms with Gasteiger partial charge in [-0.25, -0.2) is 4.79 Å². The maximum Gasteiger partial charge on any atom is 0.329 e. The molecular weight excluding hydrogens is 958 g/mol. The molecule has 73 heavy (non-hydrogen) atoms. The van der Waals surface area contributed by atoms with Crippen LogP contribution in [0.4, 0.5) is 0 Å². The second-order valence-corrected chi connectivity index (χ2v) is 23.6. The van der Waals surface area contributed by atoms with Gasteiger partial charge in [0.25, 0.3) is 11.7 Å². The van der Waals surface area contributed by atoms with E-state index >= 15 is 0 Å². The SMILES string of the molecule is CCCCOP(C)(=O)O[C@@H]1CC[C@@H](C[C@@H](C)[C@@H]2CC(=O)C(C)=CC(C)[C@@H](O)[C@@H](OC)C(=O)[C@H](C)C[C@H](C)C=CC=CC=C(C)[C@@H](OC)C[C@@H]3CC[C@@H](C)[C@@](O)(O3)C(=O)C(=O)N3CCCC[C@H]3C(=O)O2)C[C@H]1OC. The van der Waals surface area contributed by atoms with E-state index in [0.29, 0.717) is 76.4 Å². The van der Waals surface area contributed by atoms with E-state index in [2.05, 4.69) is 0 Å². The summed E-state index contributed by atoms with van der Waals surface area (Å²) in [5.41, 5.74) is 1.17. The number of aliphatic hydroxyl groups is 2. The van der Waals surface area contributed by atoms with E-state index in [9.17, 15) is 38.8 Å². The lowest BCUT2D eigenvalue weighted by Gasteiger charge is -2.42. The van der Waals surface area contributed by atoms with Crippen LogP contribution in [-0.2, 0) is 61.3 Å². The highest BCUT2D eigenvalue weighted by atomic mass is 31.2. The third-order valence-electron chi connectivity index (χ3n) is 15.6. The number of hydrogen-bond donors (Lipinski definition) is 2. The number of fused-ring (bicyclic) bond motifs is 3. The summed E-state index contributed by atoms with van der Waals surface area (Å²) >= 11 is 0. The van der Waals surface area contributed by atoms with Crippen LogP contribution in [-0.4, -0.2) is 140 Å². The van der Waals surface area contributed by atoms with Gasteiger partial charge in [0.1, 0.15) is 18.2 Å². The number of ketones is 3. The fourth-order valence-electron chi connectivity index (χ4n) is 10.9. The van der Waals surface area contributed by atoms with Crippen molar-refractivity contribution in [3.8, 4) is 0 Å². The Morgan fingerprint density at radius 1 is 0.890 bits per heavy atom. The molecule has 0 spiro atoms. The first-order valence-corrected chi connectivity index (χ1v) is 28.9. The quantitative estimate of drug-likeness (QED) is 0.0809. The Morgan fingerprint density at radius 2 is 1.62 bits per heavy atom. The minimum Gasteiger partial charge on any atom is -0.460 e. The monoisotopic (exact) mass is 1050 g/mol. The number of piperidine rings is 1. The van der Waals surface area contributed by atoms with Crippen LogP contribution in [0.1, 0.15) is 145 Å². The van der Waals surface area contributed by atoms with Crippen molar-refractivity contribution in [2.24, 2.45) is 35.5 Å². The number of carbonyl (C=O) groups excluding carboxylic acids is 5. The van der Waals surface area contributed by atoms with Crippen molar-refractivity contribution in [3.63, 3.8) is 0 Å². The Bertz CT molecular complexity index is 2020. The molecule has 3 heterocycles. The van der Waals surface area contributed by atoms with Gasteiger partial charge in [-0.3, -0.25) is 23.7 Å². The summed E-state index contributed by atoms with van der Waals surface area (Å²) in [5.74, 6) is -8.22. The van der Waals surface area contributed by atoms with Gasteiger partial charge in [-0.1, -0.05) is 84.4 Å². The molecule has 16 atom stereocenters. The summed E-state index contributed by atoms with van der Waals surface area (Å²) in [4.78, 5) is 72.5. The molecule has 2 bridgehead atoms. The molecule has 16 nitrogen and oxygen atoms in total. The predicted octanol–water partition coefficient (Wildman–Crippen LogP) is 8.84. The van der Waals surface area contributed by atoms with Crippen LogP contribution in [0.5, 0.6) is 0 Å². The van der Waals surface area contributed by atoms with E-state index in [1.54, 1.807) is 41.1 Å². The Morgan fingerprint density at radius 3 is 2.29 bits per heavy atom. The average Bonchev–Trinajstić information content (AvgIpc) is 3.35. The van der Waals surface area contributed by atoms with E-state index in [1.807, 2.05) is 65.0 Å². The second-order valence-electron chi connectivity index (χ2n) is 21.6. The number of allylic oxidation sites excluding steroid dienone is 6. The molecule has 1 saturated carbocycles. The number of ether oxygens (including phenoxy) is 5. The van der Waals surface area contributed by atoms with Crippen molar-refractivity contribution >= 4 is 36.8 Å². The molecule has 1 aliphatic carbocycles. The maximum atomic E-state index is 14.6. The third-order valence-corrected chi connectivity index (χ3v) is 16.9. The van der Waals surface area contributed by atoms with Gasteiger partial charge in [-0.2, -0.15) is 0 Å². The minimum absolute atomic E-state index is 0.00895. The standard InChI is InChI=1S/C56H90NO15P/c1-13-14-28-69-73(12,65)72-46-26-24-42(32-49(46)67-10)31-38(5)48-34-45(58)37(4)30-40(7)51(60)52(68-11)50(59)39(6)29-35(2)20-16-15-17-21-36(3)47(66-9)33-43-25-23-41(8)56(64,71-43)53(61)54(62)57-27-19-18-22-44(57)55(63)70-48/h15-17,20-21,30,35,38-44,46-49,51-52,60,64H,13-14,18-19,22-29,31-34H2,1-12H3/t35-,38-,39-,40?,41-,42+,43+,44+,46-,47+,48+,49-,51-,52+,56-,73?/m1/s1. The Balaban J connectivity index is 1.68. The van der Waals surface area contributed by atoms with Crippen molar-refractivity contribution in [1.29, 1.82) is 0 Å². The van der Waals surface area contributed by atoms with Crippen molar-refractivity contribution in [2.75, 3.05) is 41.1 Å². The number of cyclic esters (lactones) is 1. The normalized spacial score (nSPS) is 35.9. The molecule has 0 aromatic heterocycles. The van der Waals surface area contributed by atoms with Gasteiger partial charge < -0.3 is 47.8 Å². The fraction of sp³-hybridized carbons (Fsp3) is 0.768. The smallest absolute Gasteiger partial charge is 0.329 e. The van der Waals surface area contributed by atoms with E-state index < -0.39 is 103 Å². The van der Waals surface area contributed by atoms with Crippen LogP contribution in [0.2, 0.25) is 0 Å². The Kier molecular flexibility index (Phi) is 25.1. The summed E-state index contributed by atoms with van der Waals surface area (Å²) in [6, 6.07) is -1.17. The van der Waals surface area contributed by atoms with Crippen LogP contribution in [0.3, 0.4) is 0 Å². The van der Waals surface area contributed by atoms with E-state index in [0.717, 1.165) is 18.4 Å². The number of esters is 1. The number of unbranched alkanes of at least 4 members (excludes halogenated alkanes) is 1. The lowest BCUT2D eigenvalue weighted by atomic mass is 9.78. The van der Waals surface area contributed by atoms with Crippen molar-refractivity contribution in [2.45, 2.75) is 200 Å². The fourth-order valence-corrected chi connectivity index (χ4v) is 12.1. The zero-order chi connectivity index (χ0) is 54.2. The molecule has 2 saturated heterocycles. The van der Waals surface area contributed by atoms with Crippen molar-refractivity contribution in [1.82, 2.24) is 4.90 Å². The topological polar surface area (TPSA) is 211 Å². The molecule has 4 rings (SSSR count). The molecule has 1 amide bonds. The average molecular weight is 1050 g/mol. The first-order chi connectivity index (χ1) is 34.5. The van der Waals surface area contributed by atoms with E-state index in [-0.39, 0.29) is 42.8 Å². The molecule has 4 aliphatic rings. The summed E-state index contributed by atoms with van der Waals surface area (Å²) in [7, 11) is 1.19. The molecule has 0 radical (unpaired) electrons. The molecule has 3 fully saturated rings. The predicted molar refractivity (Wildman–Crippen MR) is 278 cm³/mol. The Labute approximate surface area is 435 Å². The van der Waals surface area contributed by atoms with Crippen LogP contribution in [0, 0.1) is 35.5 Å². The number of carbonyl (C=O) groups is 5. The molecule has 0 aromatic rings. The van der Waals surface area contributed by atoms with Gasteiger partial charge in [0.2, 0.25) is 5.79 Å². The number of nitrogens with zero attached hydrogens (tertiary/aromatic N) is 1. The highest BCUT2D eigenvalue weighted by Crippen LogP contribution is 2.49. The van der Waals surface area contributed by atoms with Gasteiger partial charge in [0, 0.05) is 65.1 Å². The minimum atomic E-state index is -3.35. The number of rotatable bonds is 12. The molecule has 414 valence electrons. The first-order valence-electron chi connectivity index (χ1n) is 26.9. The van der Waals surface area contributed by atoms with E-state index in [1.165, 1.54) is 18.7 Å². The van der Waals surface area contributed by atoms with Crippen molar-refractivity contribution in [3.05, 3.63) is 47.6 Å². The van der Waals surface area contributed by atoms with Crippen LogP contribution in [0.25, 0.3) is 0 Å². The highest BCUT2D eigenvalue weighted by molar-refractivity contribution is 7.53. The van der Waals surface area contributed by atoms with Crippen LogP contribution >= 0.6 is 7.60 Å². The van der Waals surface area contributed by atoms with Crippen LogP contribution in [0.15, 0.2) is 47.6 Å². The summed E-state index contributed by atoms with van der Waals surface area (Å²) in [6.07, 6.45) is 12.6. The van der Waals surface area contributed by atoms with Crippen molar-refractivity contribution < 1.29 is 71.5 Å². The molecule has 2 N–H and O–H groups in total. The number of methoxy groups -OCH3 is 3. The Hall–Kier alpha value is -3.18. The van der Waals surface area contributed by atoms with Crippen LogP contribution < -0.4 is 0 Å². The number of Topliss-reactive ketones (excluding diaryl/α,β-unsaturated/α-hetero) is 3. The molecule has 0 aromatic carbocycles. The zero-order valence-electron chi connectivity index (χ0n) is 46.0. The van der Waals surface area contributed by atoms with Gasteiger partial charge in [0.15, 0.2) is 11.6 Å². The van der Waals surface area contributed by atoms with Gasteiger partial charge in [-0.05, 0) is 113 Å².